The number of nitrogens with zero attached hydrogens (tertiary/aromatic N) is 2. The van der Waals surface area contributed by atoms with Crippen molar-refractivity contribution in [2.75, 3.05) is 53.6 Å². The smallest absolute Gasteiger partial charge is 0.193 e. The van der Waals surface area contributed by atoms with Crippen LogP contribution in [0.2, 0.25) is 0 Å². The second-order valence-electron chi connectivity index (χ2n) is 6.62. The van der Waals surface area contributed by atoms with Crippen molar-refractivity contribution in [3.8, 4) is 0 Å². The number of guanidine groups is 1. The van der Waals surface area contributed by atoms with Crippen molar-refractivity contribution in [3.63, 3.8) is 0 Å². The van der Waals surface area contributed by atoms with Gasteiger partial charge in [0, 0.05) is 40.4 Å². The van der Waals surface area contributed by atoms with Crippen LogP contribution in [0.25, 0.3) is 0 Å². The van der Waals surface area contributed by atoms with Crippen molar-refractivity contribution in [2.45, 2.75) is 25.7 Å². The number of halogens is 1. The Kier molecular flexibility index (Phi) is 12.7. The number of ether oxygens (including phenoxy) is 2. The molecule has 0 saturated heterocycles. The molecule has 1 aromatic rings. The third-order valence-electron chi connectivity index (χ3n) is 4.32. The van der Waals surface area contributed by atoms with E-state index in [4.69, 9.17) is 9.47 Å². The molecule has 148 valence electrons. The van der Waals surface area contributed by atoms with Crippen molar-refractivity contribution in [2.24, 2.45) is 10.9 Å². The van der Waals surface area contributed by atoms with E-state index >= 15 is 0 Å². The van der Waals surface area contributed by atoms with Crippen molar-refractivity contribution in [1.82, 2.24) is 10.2 Å². The molecular formula is C20H34IN3O2. The van der Waals surface area contributed by atoms with E-state index in [0.29, 0.717) is 0 Å². The monoisotopic (exact) mass is 475 g/mol. The van der Waals surface area contributed by atoms with Gasteiger partial charge in [-0.1, -0.05) is 30.3 Å². The molecular weight excluding hydrogens is 441 g/mol. The lowest BCUT2D eigenvalue weighted by Gasteiger charge is -2.22. The Morgan fingerprint density at radius 3 is 2.62 bits per heavy atom. The number of nitrogens with one attached hydrogen (secondary N) is 1. The molecule has 1 aliphatic carbocycles. The molecule has 1 aliphatic rings. The Labute approximate surface area is 175 Å². The molecule has 6 heteroatoms. The first kappa shape index (κ1) is 23.2. The van der Waals surface area contributed by atoms with E-state index < -0.39 is 0 Å². The molecule has 1 fully saturated rings. The normalized spacial score (nSPS) is 14.0. The summed E-state index contributed by atoms with van der Waals surface area (Å²) >= 11 is 0. The molecule has 2 rings (SSSR count). The Bertz CT molecular complexity index is 495. The molecule has 0 amide bonds. The van der Waals surface area contributed by atoms with Gasteiger partial charge in [-0.2, -0.15) is 0 Å². The van der Waals surface area contributed by atoms with Gasteiger partial charge in [0.25, 0.3) is 0 Å². The molecule has 1 aromatic carbocycles. The SMILES string of the molecule is CN=C(NCCCOCCc1ccccc1)N(C)CCOCC1CC1.I. The van der Waals surface area contributed by atoms with Crippen LogP contribution in [0.15, 0.2) is 35.3 Å². The Morgan fingerprint density at radius 1 is 1.15 bits per heavy atom. The van der Waals surface area contributed by atoms with Crippen LogP contribution < -0.4 is 5.32 Å². The second kappa shape index (κ2) is 14.2. The number of hydrogen-bond donors (Lipinski definition) is 1. The fourth-order valence-electron chi connectivity index (χ4n) is 2.54. The molecule has 0 atom stereocenters. The molecule has 0 spiro atoms. The lowest BCUT2D eigenvalue weighted by Crippen LogP contribution is -2.41. The average molecular weight is 475 g/mol. The topological polar surface area (TPSA) is 46.1 Å². The Hall–Kier alpha value is -0.860. The van der Waals surface area contributed by atoms with E-state index in [0.717, 1.165) is 64.2 Å². The van der Waals surface area contributed by atoms with Gasteiger partial charge in [0.15, 0.2) is 5.96 Å². The fourth-order valence-corrected chi connectivity index (χ4v) is 2.54. The van der Waals surface area contributed by atoms with E-state index in [2.05, 4.69) is 39.5 Å². The van der Waals surface area contributed by atoms with Gasteiger partial charge in [0.1, 0.15) is 0 Å². The predicted molar refractivity (Wildman–Crippen MR) is 119 cm³/mol. The average Bonchev–Trinajstić information content (AvgIpc) is 3.46. The van der Waals surface area contributed by atoms with Crippen LogP contribution in [0.3, 0.4) is 0 Å². The summed E-state index contributed by atoms with van der Waals surface area (Å²) in [7, 11) is 3.87. The van der Waals surface area contributed by atoms with E-state index in [9.17, 15) is 0 Å². The molecule has 0 aliphatic heterocycles. The Balaban J connectivity index is 0.00000338. The highest BCUT2D eigenvalue weighted by atomic mass is 127. The van der Waals surface area contributed by atoms with Crippen LogP contribution >= 0.6 is 24.0 Å². The van der Waals surface area contributed by atoms with Crippen molar-refractivity contribution in [1.29, 1.82) is 0 Å². The minimum Gasteiger partial charge on any atom is -0.381 e. The van der Waals surface area contributed by atoms with E-state index in [-0.39, 0.29) is 24.0 Å². The van der Waals surface area contributed by atoms with Crippen molar-refractivity contribution >= 4 is 29.9 Å². The van der Waals surface area contributed by atoms with Crippen LogP contribution in [-0.2, 0) is 15.9 Å². The second-order valence-corrected chi connectivity index (χ2v) is 6.62. The van der Waals surface area contributed by atoms with E-state index in [1.807, 2.05) is 20.2 Å². The Morgan fingerprint density at radius 2 is 1.92 bits per heavy atom. The number of benzene rings is 1. The number of aliphatic imine (C=N–C) groups is 1. The summed E-state index contributed by atoms with van der Waals surface area (Å²) in [6.45, 7) is 4.95. The highest BCUT2D eigenvalue weighted by Gasteiger charge is 2.21. The minimum atomic E-state index is 0. The molecule has 5 nitrogen and oxygen atoms in total. The lowest BCUT2D eigenvalue weighted by atomic mass is 10.2. The summed E-state index contributed by atoms with van der Waals surface area (Å²) in [4.78, 5) is 6.44. The fraction of sp³-hybridized carbons (Fsp3) is 0.650. The van der Waals surface area contributed by atoms with Crippen molar-refractivity contribution < 1.29 is 9.47 Å². The zero-order chi connectivity index (χ0) is 17.7. The minimum absolute atomic E-state index is 0. The first-order valence-corrected chi connectivity index (χ1v) is 9.41. The van der Waals surface area contributed by atoms with Crippen molar-refractivity contribution in [3.05, 3.63) is 35.9 Å². The van der Waals surface area contributed by atoms with E-state index in [1.54, 1.807) is 0 Å². The summed E-state index contributed by atoms with van der Waals surface area (Å²) in [6.07, 6.45) is 4.62. The largest absolute Gasteiger partial charge is 0.381 e. The van der Waals surface area contributed by atoms with Crippen LogP contribution in [0.1, 0.15) is 24.8 Å². The quantitative estimate of drug-likeness (QED) is 0.218. The zero-order valence-corrected chi connectivity index (χ0v) is 18.5. The molecule has 0 heterocycles. The van der Waals surface area contributed by atoms with Crippen LogP contribution in [-0.4, -0.2) is 64.5 Å². The first-order chi connectivity index (χ1) is 12.3. The third-order valence-corrected chi connectivity index (χ3v) is 4.32. The van der Waals surface area contributed by atoms with E-state index in [1.165, 1.54) is 18.4 Å². The maximum absolute atomic E-state index is 5.71. The summed E-state index contributed by atoms with van der Waals surface area (Å²) in [5, 5.41) is 3.38. The van der Waals surface area contributed by atoms with Gasteiger partial charge in [-0.3, -0.25) is 4.99 Å². The number of likely N-dealkylation sites (N-methyl/N-ethyl adjacent to an activating group) is 1. The zero-order valence-electron chi connectivity index (χ0n) is 16.2. The molecule has 0 bridgehead atoms. The van der Waals surface area contributed by atoms with Gasteiger partial charge < -0.3 is 19.7 Å². The molecule has 0 unspecified atom stereocenters. The standard InChI is InChI=1S/C20H33N3O2.HI/c1-21-20(23(2)13-16-25-17-19-9-10-19)22-12-6-14-24-15-11-18-7-4-3-5-8-18;/h3-5,7-8,19H,6,9-17H2,1-2H3,(H,21,22);1H. The number of rotatable bonds is 12. The summed E-state index contributed by atoms with van der Waals surface area (Å²) in [5.41, 5.74) is 1.33. The maximum atomic E-state index is 5.71. The van der Waals surface area contributed by atoms with Gasteiger partial charge in [0.2, 0.25) is 0 Å². The highest BCUT2D eigenvalue weighted by molar-refractivity contribution is 14.0. The van der Waals surface area contributed by atoms with Gasteiger partial charge in [-0.25, -0.2) is 0 Å². The van der Waals surface area contributed by atoms with Crippen LogP contribution in [0.5, 0.6) is 0 Å². The van der Waals surface area contributed by atoms with Gasteiger partial charge >= 0.3 is 0 Å². The van der Waals surface area contributed by atoms with Gasteiger partial charge in [0.05, 0.1) is 13.2 Å². The van der Waals surface area contributed by atoms with Gasteiger partial charge in [-0.15, -0.1) is 24.0 Å². The number of hydrogen-bond acceptors (Lipinski definition) is 3. The molecule has 1 N–H and O–H groups in total. The third kappa shape index (κ3) is 10.3. The van der Waals surface area contributed by atoms with Crippen LogP contribution in [0, 0.1) is 5.92 Å². The molecule has 1 saturated carbocycles. The summed E-state index contributed by atoms with van der Waals surface area (Å²) in [6, 6.07) is 10.5. The van der Waals surface area contributed by atoms with Crippen LogP contribution in [0.4, 0.5) is 0 Å². The highest BCUT2D eigenvalue weighted by Crippen LogP contribution is 2.28. The first-order valence-electron chi connectivity index (χ1n) is 9.41. The molecule has 0 radical (unpaired) electrons. The summed E-state index contributed by atoms with van der Waals surface area (Å²) < 4.78 is 11.4. The summed E-state index contributed by atoms with van der Waals surface area (Å²) in [5.74, 6) is 1.74. The maximum Gasteiger partial charge on any atom is 0.193 e. The van der Waals surface area contributed by atoms with Gasteiger partial charge in [-0.05, 0) is 37.2 Å². The molecule has 26 heavy (non-hydrogen) atoms. The predicted octanol–water partition coefficient (Wildman–Crippen LogP) is 3.19. The lowest BCUT2D eigenvalue weighted by molar-refractivity contribution is 0.115. The molecule has 0 aromatic heterocycles.